The van der Waals surface area contributed by atoms with E-state index < -0.39 is 0 Å². The van der Waals surface area contributed by atoms with Crippen LogP contribution in [0.1, 0.15) is 31.4 Å². The molecule has 0 radical (unpaired) electrons. The van der Waals surface area contributed by atoms with Crippen LogP contribution in [-0.4, -0.2) is 42.5 Å². The van der Waals surface area contributed by atoms with E-state index in [4.69, 9.17) is 10.5 Å². The first kappa shape index (κ1) is 17.4. The highest BCUT2D eigenvalue weighted by molar-refractivity contribution is 5.19. The Bertz CT molecular complexity index is 581. The lowest BCUT2D eigenvalue weighted by Crippen LogP contribution is -2.48. The van der Waals surface area contributed by atoms with Gasteiger partial charge >= 0.3 is 0 Å². The maximum atomic E-state index is 13.4. The van der Waals surface area contributed by atoms with Crippen LogP contribution in [0.2, 0.25) is 0 Å². The largest absolute Gasteiger partial charge is 0.299 e. The van der Waals surface area contributed by atoms with Gasteiger partial charge in [0.2, 0.25) is 0 Å². The van der Waals surface area contributed by atoms with Crippen LogP contribution in [0.4, 0.5) is 4.39 Å². The third-order valence-electron chi connectivity index (χ3n) is 4.55. The first-order valence-corrected chi connectivity index (χ1v) is 8.12. The first-order valence-electron chi connectivity index (χ1n) is 8.12. The summed E-state index contributed by atoms with van der Waals surface area (Å²) in [5.74, 6) is -0.260. The van der Waals surface area contributed by atoms with Crippen LogP contribution in [0.15, 0.2) is 24.3 Å². The molecule has 0 N–H and O–H groups in total. The Hall–Kier alpha value is -1.95. The van der Waals surface area contributed by atoms with Gasteiger partial charge in [-0.25, -0.2) is 4.39 Å². The second-order valence-corrected chi connectivity index (χ2v) is 6.09. The smallest absolute Gasteiger partial charge is 0.123 e. The molecule has 0 bridgehead atoms. The summed E-state index contributed by atoms with van der Waals surface area (Å²) in [5, 5.41) is 17.8. The zero-order valence-corrected chi connectivity index (χ0v) is 13.6. The number of nitrogens with zero attached hydrogens (tertiary/aromatic N) is 4. The van der Waals surface area contributed by atoms with Crippen molar-refractivity contribution in [3.05, 3.63) is 35.6 Å². The Morgan fingerprint density at radius 1 is 1.22 bits per heavy atom. The highest BCUT2D eigenvalue weighted by Gasteiger charge is 2.23. The quantitative estimate of drug-likeness (QED) is 0.810. The van der Waals surface area contributed by atoms with E-state index in [1.54, 1.807) is 12.1 Å². The summed E-state index contributed by atoms with van der Waals surface area (Å²) in [5.41, 5.74) is 1.00. The second kappa shape index (κ2) is 8.62. The number of piperazine rings is 1. The SMILES string of the molecule is C[C@@H](c1cccc(F)c1)N1CCN(C[C@@H](C#N)CCC#N)CC1. The van der Waals surface area contributed by atoms with Crippen LogP contribution < -0.4 is 0 Å². The summed E-state index contributed by atoms with van der Waals surface area (Å²) in [6.07, 6.45) is 1.09. The van der Waals surface area contributed by atoms with Crippen LogP contribution in [0.5, 0.6) is 0 Å². The Kier molecular flexibility index (Phi) is 6.52. The Labute approximate surface area is 137 Å². The number of hydrogen-bond acceptors (Lipinski definition) is 4. The van der Waals surface area contributed by atoms with Crippen LogP contribution in [0, 0.1) is 34.4 Å². The van der Waals surface area contributed by atoms with Crippen molar-refractivity contribution < 1.29 is 4.39 Å². The standard InChI is InChI=1S/C18H23FN4/c1-15(17-5-2-6-18(19)12-17)23-10-8-22(9-11-23)14-16(13-21)4-3-7-20/h2,5-6,12,15-16H,3-4,8-11,14H2,1H3/t15-,16+/m0/s1. The molecule has 2 atom stereocenters. The van der Waals surface area contributed by atoms with Crippen LogP contribution in [0.25, 0.3) is 0 Å². The topological polar surface area (TPSA) is 54.1 Å². The molecule has 4 nitrogen and oxygen atoms in total. The summed E-state index contributed by atoms with van der Waals surface area (Å²) in [7, 11) is 0. The fourth-order valence-electron chi connectivity index (χ4n) is 3.06. The van der Waals surface area contributed by atoms with Gasteiger partial charge < -0.3 is 0 Å². The van der Waals surface area contributed by atoms with Gasteiger partial charge in [-0.3, -0.25) is 9.80 Å². The van der Waals surface area contributed by atoms with Gasteiger partial charge in [-0.1, -0.05) is 12.1 Å². The molecule has 1 heterocycles. The molecule has 0 unspecified atom stereocenters. The maximum Gasteiger partial charge on any atom is 0.123 e. The Balaban J connectivity index is 1.84. The number of hydrogen-bond donors (Lipinski definition) is 0. The zero-order valence-electron chi connectivity index (χ0n) is 13.6. The van der Waals surface area contributed by atoms with Gasteiger partial charge in [-0.05, 0) is 31.0 Å². The van der Waals surface area contributed by atoms with E-state index in [1.165, 1.54) is 6.07 Å². The van der Waals surface area contributed by atoms with E-state index >= 15 is 0 Å². The Morgan fingerprint density at radius 3 is 2.57 bits per heavy atom. The number of rotatable bonds is 6. The monoisotopic (exact) mass is 314 g/mol. The maximum absolute atomic E-state index is 13.4. The van der Waals surface area contributed by atoms with Crippen LogP contribution in [-0.2, 0) is 0 Å². The predicted octanol–water partition coefficient (Wildman–Crippen LogP) is 2.95. The fraction of sp³-hybridized carbons (Fsp3) is 0.556. The first-order chi connectivity index (χ1) is 11.1. The van der Waals surface area contributed by atoms with Crippen molar-refractivity contribution in [1.82, 2.24) is 9.80 Å². The highest BCUT2D eigenvalue weighted by Crippen LogP contribution is 2.22. The number of halogens is 1. The zero-order chi connectivity index (χ0) is 16.7. The molecule has 1 fully saturated rings. The Morgan fingerprint density at radius 2 is 1.96 bits per heavy atom. The van der Waals surface area contributed by atoms with Gasteiger partial charge in [0.25, 0.3) is 0 Å². The summed E-state index contributed by atoms with van der Waals surface area (Å²) in [6.45, 7) is 6.48. The van der Waals surface area contributed by atoms with Crippen molar-refractivity contribution in [2.24, 2.45) is 5.92 Å². The van der Waals surface area contributed by atoms with Crippen molar-refractivity contribution in [2.75, 3.05) is 32.7 Å². The molecule has 122 valence electrons. The normalized spacial score (nSPS) is 18.8. The molecule has 0 aromatic heterocycles. The highest BCUT2D eigenvalue weighted by atomic mass is 19.1. The van der Waals surface area contributed by atoms with Crippen LogP contribution in [0.3, 0.4) is 0 Å². The van der Waals surface area contributed by atoms with E-state index in [-0.39, 0.29) is 17.8 Å². The molecule has 1 aromatic carbocycles. The predicted molar refractivity (Wildman–Crippen MR) is 86.8 cm³/mol. The summed E-state index contributed by atoms with van der Waals surface area (Å²) >= 11 is 0. The molecule has 0 aliphatic carbocycles. The minimum Gasteiger partial charge on any atom is -0.299 e. The molecule has 1 aliphatic rings. The average Bonchev–Trinajstić information content (AvgIpc) is 2.58. The lowest BCUT2D eigenvalue weighted by molar-refractivity contribution is 0.0954. The molecule has 0 amide bonds. The minimum absolute atomic E-state index is 0.0677. The van der Waals surface area contributed by atoms with Gasteiger partial charge in [0, 0.05) is 45.2 Å². The van der Waals surface area contributed by atoms with Gasteiger partial charge in [0.15, 0.2) is 0 Å². The van der Waals surface area contributed by atoms with Crippen molar-refractivity contribution in [1.29, 1.82) is 10.5 Å². The average molecular weight is 314 g/mol. The summed E-state index contributed by atoms with van der Waals surface area (Å²) < 4.78 is 13.4. The molecular formula is C18H23FN4. The van der Waals surface area contributed by atoms with Gasteiger partial charge in [-0.2, -0.15) is 10.5 Å². The van der Waals surface area contributed by atoms with E-state index in [1.807, 2.05) is 6.07 Å². The van der Waals surface area contributed by atoms with E-state index in [9.17, 15) is 4.39 Å². The van der Waals surface area contributed by atoms with Gasteiger partial charge in [0.1, 0.15) is 5.82 Å². The van der Waals surface area contributed by atoms with E-state index in [2.05, 4.69) is 28.9 Å². The molecule has 0 saturated carbocycles. The number of nitriles is 2. The van der Waals surface area contributed by atoms with Crippen molar-refractivity contribution >= 4 is 0 Å². The summed E-state index contributed by atoms with van der Waals surface area (Å²) in [6, 6.07) is 11.4. The number of benzene rings is 1. The van der Waals surface area contributed by atoms with Crippen molar-refractivity contribution in [2.45, 2.75) is 25.8 Å². The third kappa shape index (κ3) is 5.03. The van der Waals surface area contributed by atoms with Gasteiger partial charge in [0.05, 0.1) is 18.1 Å². The molecule has 1 aliphatic heterocycles. The molecule has 1 aromatic rings. The molecule has 2 rings (SSSR count). The molecule has 5 heteroatoms. The third-order valence-corrected chi connectivity index (χ3v) is 4.55. The second-order valence-electron chi connectivity index (χ2n) is 6.09. The molecular weight excluding hydrogens is 291 g/mol. The van der Waals surface area contributed by atoms with Gasteiger partial charge in [-0.15, -0.1) is 0 Å². The van der Waals surface area contributed by atoms with Crippen molar-refractivity contribution in [3.8, 4) is 12.1 Å². The van der Waals surface area contributed by atoms with Crippen LogP contribution >= 0.6 is 0 Å². The molecule has 0 spiro atoms. The minimum atomic E-state index is -0.192. The van der Waals surface area contributed by atoms with E-state index in [0.29, 0.717) is 12.8 Å². The molecule has 1 saturated heterocycles. The van der Waals surface area contributed by atoms with Crippen molar-refractivity contribution in [3.63, 3.8) is 0 Å². The lowest BCUT2D eigenvalue weighted by atomic mass is 10.0. The van der Waals surface area contributed by atoms with E-state index in [0.717, 1.165) is 38.3 Å². The summed E-state index contributed by atoms with van der Waals surface area (Å²) in [4.78, 5) is 4.64. The fourth-order valence-corrected chi connectivity index (χ4v) is 3.06. The lowest BCUT2D eigenvalue weighted by Gasteiger charge is -2.38. The molecule has 23 heavy (non-hydrogen) atoms.